The number of likely N-dealkylation sites (tertiary alicyclic amines) is 1. The van der Waals surface area contributed by atoms with Crippen molar-refractivity contribution in [1.82, 2.24) is 10.2 Å². The van der Waals surface area contributed by atoms with E-state index in [-0.39, 0.29) is 0 Å². The van der Waals surface area contributed by atoms with Gasteiger partial charge < -0.3 is 10.1 Å². The van der Waals surface area contributed by atoms with Gasteiger partial charge in [-0.05, 0) is 50.5 Å². The van der Waals surface area contributed by atoms with Crippen LogP contribution in [0.5, 0.6) is 0 Å². The Kier molecular flexibility index (Phi) is 4.16. The van der Waals surface area contributed by atoms with Crippen LogP contribution in [0, 0.1) is 17.8 Å². The molecule has 110 valence electrons. The fourth-order valence-electron chi connectivity index (χ4n) is 4.70. The molecule has 0 radical (unpaired) electrons. The summed E-state index contributed by atoms with van der Waals surface area (Å²) in [4.78, 5) is 2.69. The molecule has 0 amide bonds. The van der Waals surface area contributed by atoms with Gasteiger partial charge in [0, 0.05) is 25.7 Å². The van der Waals surface area contributed by atoms with Crippen LogP contribution in [0.1, 0.15) is 39.5 Å². The molecule has 6 atom stereocenters. The van der Waals surface area contributed by atoms with Crippen LogP contribution in [-0.4, -0.2) is 49.8 Å². The van der Waals surface area contributed by atoms with Crippen LogP contribution in [0.2, 0.25) is 0 Å². The number of hydrogen-bond donors (Lipinski definition) is 1. The van der Waals surface area contributed by atoms with Crippen molar-refractivity contribution in [3.8, 4) is 0 Å². The van der Waals surface area contributed by atoms with Crippen molar-refractivity contribution >= 4 is 0 Å². The SMILES string of the molecule is CNC1CC(C)CC(C)C1CN1CC2CCC(C1)O2. The van der Waals surface area contributed by atoms with E-state index < -0.39 is 0 Å². The van der Waals surface area contributed by atoms with Crippen LogP contribution in [0.3, 0.4) is 0 Å². The number of fused-ring (bicyclic) bond motifs is 2. The Morgan fingerprint density at radius 2 is 1.79 bits per heavy atom. The molecule has 2 bridgehead atoms. The van der Waals surface area contributed by atoms with Crippen molar-refractivity contribution in [2.45, 2.75) is 57.8 Å². The molecule has 3 rings (SSSR count). The number of ether oxygens (including phenoxy) is 1. The first kappa shape index (κ1) is 13.8. The van der Waals surface area contributed by atoms with E-state index in [1.165, 1.54) is 45.3 Å². The highest BCUT2D eigenvalue weighted by Crippen LogP contribution is 2.35. The third-order valence-corrected chi connectivity index (χ3v) is 5.64. The van der Waals surface area contributed by atoms with Gasteiger partial charge in [-0.25, -0.2) is 0 Å². The predicted molar refractivity (Wildman–Crippen MR) is 78.2 cm³/mol. The Hall–Kier alpha value is -0.120. The molecule has 3 nitrogen and oxygen atoms in total. The third kappa shape index (κ3) is 2.98. The Bertz CT molecular complexity index is 297. The van der Waals surface area contributed by atoms with Crippen molar-refractivity contribution in [2.75, 3.05) is 26.7 Å². The number of nitrogens with zero attached hydrogens (tertiary/aromatic N) is 1. The molecule has 0 spiro atoms. The van der Waals surface area contributed by atoms with E-state index in [0.29, 0.717) is 18.2 Å². The summed E-state index contributed by atoms with van der Waals surface area (Å²) in [6, 6.07) is 0.708. The summed E-state index contributed by atoms with van der Waals surface area (Å²) >= 11 is 0. The first-order valence-electron chi connectivity index (χ1n) is 8.20. The van der Waals surface area contributed by atoms with E-state index in [9.17, 15) is 0 Å². The van der Waals surface area contributed by atoms with E-state index in [1.807, 2.05) is 0 Å². The Morgan fingerprint density at radius 3 is 2.42 bits per heavy atom. The summed E-state index contributed by atoms with van der Waals surface area (Å²) in [6.07, 6.45) is 6.39. The van der Waals surface area contributed by atoms with E-state index in [4.69, 9.17) is 4.74 Å². The Balaban J connectivity index is 1.61. The quantitative estimate of drug-likeness (QED) is 0.847. The van der Waals surface area contributed by atoms with Gasteiger partial charge in [0.15, 0.2) is 0 Å². The van der Waals surface area contributed by atoms with Crippen molar-refractivity contribution in [2.24, 2.45) is 17.8 Å². The molecular formula is C16H30N2O. The molecule has 1 saturated carbocycles. The van der Waals surface area contributed by atoms with Gasteiger partial charge in [-0.2, -0.15) is 0 Å². The average Bonchev–Trinajstić information content (AvgIpc) is 2.71. The van der Waals surface area contributed by atoms with Gasteiger partial charge in [-0.15, -0.1) is 0 Å². The molecule has 2 aliphatic heterocycles. The van der Waals surface area contributed by atoms with E-state index in [2.05, 4.69) is 31.1 Å². The lowest BCUT2D eigenvalue weighted by Crippen LogP contribution is -2.51. The van der Waals surface area contributed by atoms with Gasteiger partial charge >= 0.3 is 0 Å². The van der Waals surface area contributed by atoms with Crippen molar-refractivity contribution < 1.29 is 4.74 Å². The highest BCUT2D eigenvalue weighted by molar-refractivity contribution is 4.91. The van der Waals surface area contributed by atoms with Crippen molar-refractivity contribution in [3.63, 3.8) is 0 Å². The molecule has 1 N–H and O–H groups in total. The molecule has 19 heavy (non-hydrogen) atoms. The second kappa shape index (κ2) is 5.71. The molecule has 6 unspecified atom stereocenters. The highest BCUT2D eigenvalue weighted by Gasteiger charge is 2.38. The molecule has 1 aliphatic carbocycles. The normalized spacial score (nSPS) is 47.5. The fraction of sp³-hybridized carbons (Fsp3) is 1.00. The molecule has 3 fully saturated rings. The highest BCUT2D eigenvalue weighted by atomic mass is 16.5. The van der Waals surface area contributed by atoms with Crippen LogP contribution >= 0.6 is 0 Å². The number of hydrogen-bond acceptors (Lipinski definition) is 3. The van der Waals surface area contributed by atoms with Crippen LogP contribution in [0.4, 0.5) is 0 Å². The van der Waals surface area contributed by atoms with Crippen molar-refractivity contribution in [1.29, 1.82) is 0 Å². The van der Waals surface area contributed by atoms with E-state index in [1.54, 1.807) is 0 Å². The van der Waals surface area contributed by atoms with E-state index >= 15 is 0 Å². The van der Waals surface area contributed by atoms with Gasteiger partial charge in [-0.1, -0.05) is 13.8 Å². The van der Waals surface area contributed by atoms with Crippen LogP contribution < -0.4 is 5.32 Å². The lowest BCUT2D eigenvalue weighted by molar-refractivity contribution is -0.0494. The summed E-state index contributed by atoms with van der Waals surface area (Å²) < 4.78 is 5.96. The molecule has 0 aromatic carbocycles. The first-order chi connectivity index (χ1) is 9.15. The summed E-state index contributed by atoms with van der Waals surface area (Å²) in [6.45, 7) is 8.49. The zero-order valence-electron chi connectivity index (χ0n) is 12.8. The zero-order valence-corrected chi connectivity index (χ0v) is 12.8. The van der Waals surface area contributed by atoms with Crippen LogP contribution in [0.15, 0.2) is 0 Å². The second-order valence-corrected chi connectivity index (χ2v) is 7.29. The fourth-order valence-corrected chi connectivity index (χ4v) is 4.70. The molecule has 2 saturated heterocycles. The van der Waals surface area contributed by atoms with Gasteiger partial charge in [0.25, 0.3) is 0 Å². The van der Waals surface area contributed by atoms with Crippen LogP contribution in [0.25, 0.3) is 0 Å². The minimum atomic E-state index is 0.532. The molecule has 0 aromatic heterocycles. The Morgan fingerprint density at radius 1 is 1.11 bits per heavy atom. The number of morpholine rings is 1. The van der Waals surface area contributed by atoms with Gasteiger partial charge in [0.1, 0.15) is 0 Å². The predicted octanol–water partition coefficient (Wildman–Crippen LogP) is 2.12. The largest absolute Gasteiger partial charge is 0.372 e. The summed E-state index contributed by atoms with van der Waals surface area (Å²) in [5.74, 6) is 2.55. The first-order valence-corrected chi connectivity index (χ1v) is 8.20. The third-order valence-electron chi connectivity index (χ3n) is 5.64. The lowest BCUT2D eigenvalue weighted by atomic mass is 9.72. The molecule has 0 aromatic rings. The minimum Gasteiger partial charge on any atom is -0.372 e. The van der Waals surface area contributed by atoms with Gasteiger partial charge in [0.2, 0.25) is 0 Å². The smallest absolute Gasteiger partial charge is 0.0707 e. The average molecular weight is 266 g/mol. The summed E-state index contributed by atoms with van der Waals surface area (Å²) in [5, 5.41) is 3.58. The minimum absolute atomic E-state index is 0.532. The molecule has 3 aliphatic rings. The topological polar surface area (TPSA) is 24.5 Å². The maximum atomic E-state index is 5.96. The summed E-state index contributed by atoms with van der Waals surface area (Å²) in [7, 11) is 2.14. The van der Waals surface area contributed by atoms with E-state index in [0.717, 1.165) is 17.8 Å². The number of nitrogens with one attached hydrogen (secondary N) is 1. The standard InChI is InChI=1S/C16H30N2O/c1-11-6-12(2)15(16(7-11)17-3)10-18-8-13-4-5-14(9-18)19-13/h11-17H,4-10H2,1-3H3. The lowest BCUT2D eigenvalue weighted by Gasteiger charge is -2.43. The maximum absolute atomic E-state index is 5.96. The summed E-state index contributed by atoms with van der Waals surface area (Å²) in [5.41, 5.74) is 0. The zero-order chi connectivity index (χ0) is 13.4. The van der Waals surface area contributed by atoms with Gasteiger partial charge in [0.05, 0.1) is 12.2 Å². The molecular weight excluding hydrogens is 236 g/mol. The Labute approximate surface area is 118 Å². The number of rotatable bonds is 3. The monoisotopic (exact) mass is 266 g/mol. The molecule has 3 heteroatoms. The van der Waals surface area contributed by atoms with Gasteiger partial charge in [-0.3, -0.25) is 4.90 Å². The second-order valence-electron chi connectivity index (χ2n) is 7.29. The molecule has 2 heterocycles. The maximum Gasteiger partial charge on any atom is 0.0707 e. The van der Waals surface area contributed by atoms with Crippen molar-refractivity contribution in [3.05, 3.63) is 0 Å². The van der Waals surface area contributed by atoms with Crippen LogP contribution in [-0.2, 0) is 4.74 Å².